The number of hydrogen-bond donors (Lipinski definition) is 0. The van der Waals surface area contributed by atoms with Crippen LogP contribution in [0.5, 0.6) is 0 Å². The largest absolute Gasteiger partial charge is 0.379 e. The normalized spacial score (nSPS) is 22.4. The standard InChI is InChI=1S/C18H18FN3O3/c1-11-9-18(2,25-20-11)17(23)22-8-7-15-13(10-22)16(21-24-15)12-5-3-4-6-14(12)19/h3-6H,7-10H2,1-2H3. The van der Waals surface area contributed by atoms with Crippen molar-refractivity contribution < 1.29 is 18.5 Å². The number of oxime groups is 1. The van der Waals surface area contributed by atoms with Gasteiger partial charge in [0.1, 0.15) is 17.3 Å². The zero-order valence-electron chi connectivity index (χ0n) is 14.1. The summed E-state index contributed by atoms with van der Waals surface area (Å²) in [6.07, 6.45) is 1.01. The van der Waals surface area contributed by atoms with Gasteiger partial charge in [-0.15, -0.1) is 0 Å². The van der Waals surface area contributed by atoms with Gasteiger partial charge < -0.3 is 14.3 Å². The van der Waals surface area contributed by atoms with Crippen LogP contribution in [0.25, 0.3) is 11.3 Å². The van der Waals surface area contributed by atoms with Crippen molar-refractivity contribution in [3.05, 3.63) is 41.4 Å². The molecule has 1 aromatic carbocycles. The second-order valence-electron chi connectivity index (χ2n) is 6.71. The van der Waals surface area contributed by atoms with Crippen LogP contribution in [0.15, 0.2) is 33.9 Å². The predicted molar refractivity (Wildman–Crippen MR) is 88.2 cm³/mol. The highest BCUT2D eigenvalue weighted by atomic mass is 19.1. The van der Waals surface area contributed by atoms with Crippen molar-refractivity contribution in [1.82, 2.24) is 10.1 Å². The van der Waals surface area contributed by atoms with Crippen LogP contribution in [0.4, 0.5) is 4.39 Å². The van der Waals surface area contributed by atoms with Crippen LogP contribution < -0.4 is 0 Å². The summed E-state index contributed by atoms with van der Waals surface area (Å²) in [5.41, 5.74) is 1.41. The molecule has 0 saturated carbocycles. The number of fused-ring (bicyclic) bond motifs is 1. The number of rotatable bonds is 2. The quantitative estimate of drug-likeness (QED) is 0.841. The van der Waals surface area contributed by atoms with Gasteiger partial charge in [-0.25, -0.2) is 4.39 Å². The highest BCUT2D eigenvalue weighted by Gasteiger charge is 2.44. The van der Waals surface area contributed by atoms with Crippen molar-refractivity contribution in [3.8, 4) is 11.3 Å². The molecule has 2 aliphatic rings. The van der Waals surface area contributed by atoms with Gasteiger partial charge in [0.2, 0.25) is 5.60 Å². The molecule has 0 saturated heterocycles. The van der Waals surface area contributed by atoms with Gasteiger partial charge in [-0.1, -0.05) is 22.4 Å². The monoisotopic (exact) mass is 343 g/mol. The van der Waals surface area contributed by atoms with Crippen LogP contribution in [0.3, 0.4) is 0 Å². The smallest absolute Gasteiger partial charge is 0.270 e. The molecule has 0 aliphatic carbocycles. The van der Waals surface area contributed by atoms with E-state index in [1.165, 1.54) is 6.07 Å². The van der Waals surface area contributed by atoms with Crippen LogP contribution in [0, 0.1) is 5.82 Å². The Labute approximate surface area is 144 Å². The maximum atomic E-state index is 14.1. The van der Waals surface area contributed by atoms with Crippen LogP contribution in [0.2, 0.25) is 0 Å². The van der Waals surface area contributed by atoms with E-state index in [1.54, 1.807) is 30.0 Å². The Morgan fingerprint density at radius 3 is 2.88 bits per heavy atom. The Kier molecular flexibility index (Phi) is 3.59. The molecule has 0 radical (unpaired) electrons. The van der Waals surface area contributed by atoms with Crippen LogP contribution in [-0.2, 0) is 22.6 Å². The molecule has 7 heteroatoms. The van der Waals surface area contributed by atoms with Crippen LogP contribution >= 0.6 is 0 Å². The van der Waals surface area contributed by atoms with E-state index in [1.807, 2.05) is 6.92 Å². The van der Waals surface area contributed by atoms with E-state index in [4.69, 9.17) is 9.36 Å². The third-order valence-corrected chi connectivity index (χ3v) is 4.69. The number of aromatic nitrogens is 1. The molecule has 1 amide bonds. The first-order valence-electron chi connectivity index (χ1n) is 8.21. The van der Waals surface area contributed by atoms with E-state index in [9.17, 15) is 9.18 Å². The Morgan fingerprint density at radius 1 is 1.36 bits per heavy atom. The van der Waals surface area contributed by atoms with E-state index in [2.05, 4.69) is 10.3 Å². The SMILES string of the molecule is CC1=NOC(C)(C(=O)N2CCc3onc(-c4ccccc4F)c3C2)C1. The Bertz CT molecular complexity index is 876. The zero-order chi connectivity index (χ0) is 17.6. The maximum absolute atomic E-state index is 14.1. The number of amides is 1. The minimum absolute atomic E-state index is 0.126. The van der Waals surface area contributed by atoms with Crippen molar-refractivity contribution in [2.45, 2.75) is 38.8 Å². The van der Waals surface area contributed by atoms with Crippen molar-refractivity contribution in [1.29, 1.82) is 0 Å². The van der Waals surface area contributed by atoms with Gasteiger partial charge in [-0.3, -0.25) is 4.79 Å². The first-order chi connectivity index (χ1) is 12.0. The number of carbonyl (C=O) groups is 1. The molecule has 4 rings (SSSR count). The summed E-state index contributed by atoms with van der Waals surface area (Å²) in [6.45, 7) is 4.41. The molecule has 2 aliphatic heterocycles. The van der Waals surface area contributed by atoms with Gasteiger partial charge >= 0.3 is 0 Å². The lowest BCUT2D eigenvalue weighted by molar-refractivity contribution is -0.154. The predicted octanol–water partition coefficient (Wildman–Crippen LogP) is 2.92. The molecule has 6 nitrogen and oxygen atoms in total. The van der Waals surface area contributed by atoms with Gasteiger partial charge in [0.05, 0.1) is 12.3 Å². The Hall–Kier alpha value is -2.70. The number of nitrogens with zero attached hydrogens (tertiary/aromatic N) is 3. The molecule has 0 spiro atoms. The highest BCUT2D eigenvalue weighted by Crippen LogP contribution is 2.33. The fourth-order valence-corrected chi connectivity index (χ4v) is 3.43. The molecule has 0 bridgehead atoms. The molecular weight excluding hydrogens is 325 g/mol. The third kappa shape index (κ3) is 2.59. The second-order valence-corrected chi connectivity index (χ2v) is 6.71. The Morgan fingerprint density at radius 2 is 2.16 bits per heavy atom. The molecule has 3 heterocycles. The van der Waals surface area contributed by atoms with E-state index >= 15 is 0 Å². The Balaban J connectivity index is 1.62. The molecule has 1 aromatic heterocycles. The lowest BCUT2D eigenvalue weighted by atomic mass is 9.95. The summed E-state index contributed by atoms with van der Waals surface area (Å²) in [4.78, 5) is 20.0. The number of benzene rings is 1. The van der Waals surface area contributed by atoms with Gasteiger partial charge in [0.25, 0.3) is 5.91 Å². The summed E-state index contributed by atoms with van der Waals surface area (Å²) in [5.74, 6) is 0.212. The van der Waals surface area contributed by atoms with Crippen LogP contribution in [-0.4, -0.2) is 33.8 Å². The summed E-state index contributed by atoms with van der Waals surface area (Å²) in [6, 6.07) is 6.42. The van der Waals surface area contributed by atoms with Gasteiger partial charge in [-0.2, -0.15) is 0 Å². The van der Waals surface area contributed by atoms with Crippen molar-refractivity contribution in [2.75, 3.05) is 6.54 Å². The number of hydrogen-bond acceptors (Lipinski definition) is 5. The second kappa shape index (κ2) is 5.68. The fourth-order valence-electron chi connectivity index (χ4n) is 3.43. The summed E-state index contributed by atoms with van der Waals surface area (Å²) in [5, 5.41) is 7.95. The molecule has 0 N–H and O–H groups in total. The molecule has 2 aromatic rings. The average Bonchev–Trinajstić information content (AvgIpc) is 3.18. The average molecular weight is 343 g/mol. The third-order valence-electron chi connectivity index (χ3n) is 4.69. The lowest BCUT2D eigenvalue weighted by Crippen LogP contribution is -2.48. The molecule has 0 fully saturated rings. The molecule has 1 atom stereocenters. The lowest BCUT2D eigenvalue weighted by Gasteiger charge is -2.32. The van der Waals surface area contributed by atoms with Crippen molar-refractivity contribution >= 4 is 11.6 Å². The summed E-state index contributed by atoms with van der Waals surface area (Å²) in [7, 11) is 0. The minimum atomic E-state index is -0.975. The van der Waals surface area contributed by atoms with Gasteiger partial charge in [0, 0.05) is 30.5 Å². The molecule has 130 valence electrons. The van der Waals surface area contributed by atoms with Crippen molar-refractivity contribution in [3.63, 3.8) is 0 Å². The minimum Gasteiger partial charge on any atom is -0.379 e. The highest BCUT2D eigenvalue weighted by molar-refractivity contribution is 5.94. The van der Waals surface area contributed by atoms with Gasteiger partial charge in [0.15, 0.2) is 0 Å². The topological polar surface area (TPSA) is 67.9 Å². The summed E-state index contributed by atoms with van der Waals surface area (Å²) < 4.78 is 19.5. The van der Waals surface area contributed by atoms with Gasteiger partial charge in [-0.05, 0) is 26.0 Å². The van der Waals surface area contributed by atoms with E-state index in [0.29, 0.717) is 42.9 Å². The maximum Gasteiger partial charge on any atom is 0.270 e. The molecule has 1 unspecified atom stereocenters. The summed E-state index contributed by atoms with van der Waals surface area (Å²) >= 11 is 0. The van der Waals surface area contributed by atoms with E-state index < -0.39 is 5.60 Å². The van der Waals surface area contributed by atoms with Crippen molar-refractivity contribution in [2.24, 2.45) is 5.16 Å². The molecule has 25 heavy (non-hydrogen) atoms. The number of halogens is 1. The fraction of sp³-hybridized carbons (Fsp3) is 0.389. The first kappa shape index (κ1) is 15.8. The first-order valence-corrected chi connectivity index (χ1v) is 8.21. The molecular formula is C18H18FN3O3. The van der Waals surface area contributed by atoms with Crippen LogP contribution in [0.1, 0.15) is 31.6 Å². The van der Waals surface area contributed by atoms with E-state index in [-0.39, 0.29) is 11.7 Å². The number of carbonyl (C=O) groups excluding carboxylic acids is 1. The van der Waals surface area contributed by atoms with E-state index in [0.717, 1.165) is 11.3 Å². The zero-order valence-corrected chi connectivity index (χ0v) is 14.1.